The highest BCUT2D eigenvalue weighted by Gasteiger charge is 2.48. The van der Waals surface area contributed by atoms with Crippen molar-refractivity contribution in [1.82, 2.24) is 15.1 Å². The van der Waals surface area contributed by atoms with Gasteiger partial charge in [0.15, 0.2) is 0 Å². The first-order valence-corrected chi connectivity index (χ1v) is 15.9. The van der Waals surface area contributed by atoms with E-state index >= 15 is 0 Å². The Morgan fingerprint density at radius 2 is 1.88 bits per heavy atom. The number of morpholine rings is 1. The highest BCUT2D eigenvalue weighted by molar-refractivity contribution is 6.30. The lowest BCUT2D eigenvalue weighted by Gasteiger charge is -2.50. The van der Waals surface area contributed by atoms with Crippen molar-refractivity contribution >= 4 is 17.2 Å². The summed E-state index contributed by atoms with van der Waals surface area (Å²) in [5, 5.41) is 16.0. The van der Waals surface area contributed by atoms with Crippen LogP contribution in [0.5, 0.6) is 11.5 Å². The minimum Gasteiger partial charge on any atom is -0.492 e. The van der Waals surface area contributed by atoms with Gasteiger partial charge in [0, 0.05) is 55.3 Å². The van der Waals surface area contributed by atoms with Crippen LogP contribution in [-0.4, -0.2) is 86.6 Å². The number of fused-ring (bicyclic) bond motifs is 2. The summed E-state index contributed by atoms with van der Waals surface area (Å²) in [7, 11) is 0. The summed E-state index contributed by atoms with van der Waals surface area (Å²) in [5.41, 5.74) is 3.25. The number of ether oxygens (including phenoxy) is 3. The van der Waals surface area contributed by atoms with Crippen LogP contribution in [-0.2, 0) is 10.3 Å². The van der Waals surface area contributed by atoms with E-state index in [0.717, 1.165) is 81.5 Å². The summed E-state index contributed by atoms with van der Waals surface area (Å²) in [6.07, 6.45) is 10.2. The van der Waals surface area contributed by atoms with Crippen LogP contribution in [0, 0.1) is 5.41 Å². The minimum atomic E-state index is -0.888. The maximum absolute atomic E-state index is 11.8. The number of hydrogen-bond acceptors (Lipinski definition) is 7. The molecule has 2 unspecified atom stereocenters. The fourth-order valence-corrected chi connectivity index (χ4v) is 6.95. The average Bonchev–Trinajstić information content (AvgIpc) is 3.16. The maximum Gasteiger partial charge on any atom is 0.127 e. The third kappa shape index (κ3) is 6.66. The number of halogens is 1. The molecule has 2 aromatic carbocycles. The largest absolute Gasteiger partial charge is 0.492 e. The SMILES string of the molecule is CC1(C)CN(CC/C=C2\C3=CC=CNC3COc3ccc(OCCN4CCOCC4)cc32)CCC1(O)c1ccc(Cl)cc1. The molecule has 0 saturated carbocycles. The molecule has 43 heavy (non-hydrogen) atoms. The van der Waals surface area contributed by atoms with Gasteiger partial charge in [-0.25, -0.2) is 0 Å². The number of allylic oxidation sites excluding steroid dienone is 2. The summed E-state index contributed by atoms with van der Waals surface area (Å²) in [4.78, 5) is 4.86. The maximum atomic E-state index is 11.8. The normalized spacial score (nSPS) is 26.5. The number of aliphatic hydroxyl groups is 1. The molecule has 2 aromatic rings. The molecule has 7 nitrogen and oxygen atoms in total. The zero-order valence-electron chi connectivity index (χ0n) is 25.4. The van der Waals surface area contributed by atoms with Gasteiger partial charge >= 0.3 is 0 Å². The Kier molecular flexibility index (Phi) is 9.17. The van der Waals surface area contributed by atoms with Gasteiger partial charge < -0.3 is 29.5 Å². The number of rotatable bonds is 8. The van der Waals surface area contributed by atoms with Crippen molar-refractivity contribution < 1.29 is 19.3 Å². The molecule has 2 fully saturated rings. The van der Waals surface area contributed by atoms with E-state index in [1.165, 1.54) is 11.1 Å². The lowest BCUT2D eigenvalue weighted by atomic mass is 9.66. The predicted molar refractivity (Wildman–Crippen MR) is 172 cm³/mol. The molecule has 4 aliphatic heterocycles. The lowest BCUT2D eigenvalue weighted by Crippen LogP contribution is -2.55. The Labute approximate surface area is 260 Å². The molecule has 4 aliphatic rings. The summed E-state index contributed by atoms with van der Waals surface area (Å²) >= 11 is 6.13. The summed E-state index contributed by atoms with van der Waals surface area (Å²) in [6.45, 7) is 12.5. The number of nitrogens with zero attached hydrogens (tertiary/aromatic N) is 2. The molecule has 2 saturated heterocycles. The van der Waals surface area contributed by atoms with E-state index in [4.69, 9.17) is 25.8 Å². The van der Waals surface area contributed by atoms with Crippen LogP contribution in [0.1, 0.15) is 37.8 Å². The second kappa shape index (κ2) is 13.0. The van der Waals surface area contributed by atoms with Crippen LogP contribution in [0.15, 0.2) is 72.5 Å². The smallest absolute Gasteiger partial charge is 0.127 e. The number of benzene rings is 2. The van der Waals surface area contributed by atoms with Crippen LogP contribution in [0.4, 0.5) is 0 Å². The van der Waals surface area contributed by atoms with Gasteiger partial charge in [0.25, 0.3) is 0 Å². The molecule has 0 aliphatic carbocycles. The van der Waals surface area contributed by atoms with Crippen LogP contribution >= 0.6 is 11.6 Å². The zero-order chi connectivity index (χ0) is 29.9. The van der Waals surface area contributed by atoms with Crippen molar-refractivity contribution in [3.63, 3.8) is 0 Å². The molecule has 6 rings (SSSR count). The van der Waals surface area contributed by atoms with E-state index in [0.29, 0.717) is 24.7 Å². The van der Waals surface area contributed by atoms with E-state index in [-0.39, 0.29) is 11.5 Å². The zero-order valence-corrected chi connectivity index (χ0v) is 26.1. The van der Waals surface area contributed by atoms with Crippen LogP contribution in [0.2, 0.25) is 5.02 Å². The molecule has 230 valence electrons. The first-order chi connectivity index (χ1) is 20.8. The molecule has 0 bridgehead atoms. The highest BCUT2D eigenvalue weighted by Crippen LogP contribution is 2.46. The number of piperidine rings is 1. The summed E-state index contributed by atoms with van der Waals surface area (Å²) in [5.74, 6) is 1.75. The first-order valence-electron chi connectivity index (χ1n) is 15.6. The van der Waals surface area contributed by atoms with Gasteiger partial charge in [0.1, 0.15) is 24.7 Å². The van der Waals surface area contributed by atoms with Gasteiger partial charge in [-0.1, -0.05) is 49.7 Å². The minimum absolute atomic E-state index is 0.0950. The molecular formula is C35H44ClN3O4. The number of likely N-dealkylation sites (tertiary alicyclic amines) is 1. The van der Waals surface area contributed by atoms with Crippen molar-refractivity contribution in [2.24, 2.45) is 5.41 Å². The Hall–Kier alpha value is -2.81. The third-order valence-corrected chi connectivity index (χ3v) is 9.68. The average molecular weight is 606 g/mol. The van der Waals surface area contributed by atoms with Crippen molar-refractivity contribution in [3.8, 4) is 11.5 Å². The van der Waals surface area contributed by atoms with E-state index < -0.39 is 5.60 Å². The predicted octanol–water partition coefficient (Wildman–Crippen LogP) is 5.25. The summed E-state index contributed by atoms with van der Waals surface area (Å²) < 4.78 is 18.0. The van der Waals surface area contributed by atoms with Crippen molar-refractivity contribution in [3.05, 3.63) is 88.6 Å². The van der Waals surface area contributed by atoms with Gasteiger partial charge in [-0.05, 0) is 72.2 Å². The fraction of sp³-hybridized carbons (Fsp3) is 0.486. The second-order valence-electron chi connectivity index (χ2n) is 12.7. The second-order valence-corrected chi connectivity index (χ2v) is 13.1. The van der Waals surface area contributed by atoms with Gasteiger partial charge in [-0.15, -0.1) is 0 Å². The van der Waals surface area contributed by atoms with E-state index in [9.17, 15) is 5.11 Å². The monoisotopic (exact) mass is 605 g/mol. The van der Waals surface area contributed by atoms with Crippen LogP contribution in [0.25, 0.3) is 5.57 Å². The Balaban J connectivity index is 1.16. The van der Waals surface area contributed by atoms with E-state index in [2.05, 4.69) is 53.3 Å². The number of dihydropyridines is 1. The molecule has 0 radical (unpaired) electrons. The van der Waals surface area contributed by atoms with Gasteiger partial charge in [-0.2, -0.15) is 0 Å². The van der Waals surface area contributed by atoms with Crippen LogP contribution < -0.4 is 14.8 Å². The molecule has 2 N–H and O–H groups in total. The lowest BCUT2D eigenvalue weighted by molar-refractivity contribution is -0.125. The Bertz CT molecular complexity index is 1370. The number of nitrogens with one attached hydrogen (secondary N) is 1. The molecule has 4 heterocycles. The van der Waals surface area contributed by atoms with Gasteiger partial charge in [0.2, 0.25) is 0 Å². The molecule has 2 atom stereocenters. The van der Waals surface area contributed by atoms with Crippen molar-refractivity contribution in [1.29, 1.82) is 0 Å². The quantitative estimate of drug-likeness (QED) is 0.426. The van der Waals surface area contributed by atoms with Gasteiger partial charge in [-0.3, -0.25) is 4.90 Å². The molecule has 8 heteroatoms. The highest BCUT2D eigenvalue weighted by atomic mass is 35.5. The Morgan fingerprint density at radius 3 is 2.67 bits per heavy atom. The van der Waals surface area contributed by atoms with Crippen molar-refractivity contribution in [2.45, 2.75) is 38.3 Å². The third-order valence-electron chi connectivity index (χ3n) is 9.43. The molecule has 0 spiro atoms. The first kappa shape index (κ1) is 30.2. The summed E-state index contributed by atoms with van der Waals surface area (Å²) in [6, 6.07) is 14.0. The molecular weight excluding hydrogens is 562 g/mol. The molecule has 0 aromatic heterocycles. The van der Waals surface area contributed by atoms with E-state index in [1.54, 1.807) is 0 Å². The topological polar surface area (TPSA) is 66.4 Å². The standard InChI is InChI=1S/C35H44ClN3O4/c1-34(2)25-39(16-13-35(34,40)26-7-9-27(36)10-8-26)15-4-6-29-30-5-3-14-37-32(30)24-43-33-12-11-28(23-31(29)33)42-22-19-38-17-20-41-21-18-38/h3,5-12,14,23,32,37,40H,4,13,15-22,24-25H2,1-2H3/b29-6+. The Morgan fingerprint density at radius 1 is 1.07 bits per heavy atom. The van der Waals surface area contributed by atoms with Crippen LogP contribution in [0.3, 0.4) is 0 Å². The van der Waals surface area contributed by atoms with E-state index in [1.807, 2.05) is 42.6 Å². The number of hydrogen-bond donors (Lipinski definition) is 2. The van der Waals surface area contributed by atoms with Gasteiger partial charge in [0.05, 0.1) is 24.9 Å². The van der Waals surface area contributed by atoms with Crippen molar-refractivity contribution in [2.75, 3.05) is 65.7 Å². The fourth-order valence-electron chi connectivity index (χ4n) is 6.82. The molecule has 0 amide bonds.